The molecule has 3 aromatic carbocycles. The van der Waals surface area contributed by atoms with E-state index in [-0.39, 0.29) is 42.6 Å². The largest absolute Gasteiger partial charge is 0.495 e. The Morgan fingerprint density at radius 1 is 0.943 bits per heavy atom. The highest BCUT2D eigenvalue weighted by atomic mass is 16.5. The molecule has 0 bridgehead atoms. The lowest BCUT2D eigenvalue weighted by Gasteiger charge is -2.14. The van der Waals surface area contributed by atoms with Crippen molar-refractivity contribution in [1.82, 2.24) is 5.32 Å². The van der Waals surface area contributed by atoms with Crippen molar-refractivity contribution in [2.24, 2.45) is 0 Å². The van der Waals surface area contributed by atoms with Crippen LogP contribution in [0.5, 0.6) is 5.75 Å². The summed E-state index contributed by atoms with van der Waals surface area (Å²) in [6, 6.07) is 20.5. The van der Waals surface area contributed by atoms with Crippen LogP contribution in [0.15, 0.2) is 66.7 Å². The van der Waals surface area contributed by atoms with Gasteiger partial charge in [0.2, 0.25) is 5.91 Å². The maximum Gasteiger partial charge on any atom is 0.407 e. The number of aromatic carboxylic acids is 1. The van der Waals surface area contributed by atoms with Gasteiger partial charge in [-0.1, -0.05) is 48.5 Å². The molecular weight excluding hydrogens is 448 g/mol. The molecule has 0 aliphatic heterocycles. The number of methoxy groups -OCH3 is 1. The summed E-state index contributed by atoms with van der Waals surface area (Å²) in [4.78, 5) is 35.7. The topological polar surface area (TPSA) is 114 Å². The summed E-state index contributed by atoms with van der Waals surface area (Å²) < 4.78 is 10.7. The number of carbonyl (C=O) groups excluding carboxylic acids is 2. The van der Waals surface area contributed by atoms with Crippen LogP contribution in [0.1, 0.15) is 40.2 Å². The first-order valence-corrected chi connectivity index (χ1v) is 11.3. The minimum atomic E-state index is -1.10. The van der Waals surface area contributed by atoms with Gasteiger partial charge in [0, 0.05) is 18.9 Å². The average Bonchev–Trinajstić information content (AvgIpc) is 3.19. The van der Waals surface area contributed by atoms with Crippen LogP contribution in [0, 0.1) is 0 Å². The number of alkyl carbamates (subject to hydrolysis) is 1. The van der Waals surface area contributed by atoms with Crippen LogP contribution >= 0.6 is 0 Å². The average molecular weight is 475 g/mol. The zero-order valence-electron chi connectivity index (χ0n) is 19.2. The molecule has 4 rings (SSSR count). The third-order valence-electron chi connectivity index (χ3n) is 5.91. The lowest BCUT2D eigenvalue weighted by Crippen LogP contribution is -2.27. The number of ether oxygens (including phenoxy) is 2. The molecule has 2 amide bonds. The van der Waals surface area contributed by atoms with Crippen LogP contribution in [0.2, 0.25) is 0 Å². The summed E-state index contributed by atoms with van der Waals surface area (Å²) in [5.41, 5.74) is 4.92. The quantitative estimate of drug-likeness (QED) is 0.389. The van der Waals surface area contributed by atoms with E-state index in [9.17, 15) is 14.4 Å². The van der Waals surface area contributed by atoms with Gasteiger partial charge in [-0.2, -0.15) is 0 Å². The molecule has 180 valence electrons. The number of amides is 2. The third kappa shape index (κ3) is 5.43. The van der Waals surface area contributed by atoms with Gasteiger partial charge in [0.25, 0.3) is 0 Å². The van der Waals surface area contributed by atoms with Gasteiger partial charge in [-0.05, 0) is 46.9 Å². The van der Waals surface area contributed by atoms with E-state index in [0.717, 1.165) is 22.3 Å². The van der Waals surface area contributed by atoms with Crippen molar-refractivity contribution in [3.8, 4) is 16.9 Å². The van der Waals surface area contributed by atoms with E-state index in [2.05, 4.69) is 34.9 Å². The van der Waals surface area contributed by atoms with Gasteiger partial charge in [-0.25, -0.2) is 9.59 Å². The Bertz CT molecular complexity index is 1210. The van der Waals surface area contributed by atoms with Crippen LogP contribution < -0.4 is 15.4 Å². The predicted octanol–water partition coefficient (Wildman–Crippen LogP) is 4.65. The molecule has 8 heteroatoms. The van der Waals surface area contributed by atoms with Crippen molar-refractivity contribution in [3.63, 3.8) is 0 Å². The number of carboxylic acid groups (broad SMARTS) is 1. The zero-order valence-corrected chi connectivity index (χ0v) is 19.2. The summed E-state index contributed by atoms with van der Waals surface area (Å²) in [6.45, 7) is 0.483. The number of fused-ring (bicyclic) bond motifs is 3. The minimum Gasteiger partial charge on any atom is -0.495 e. The van der Waals surface area contributed by atoms with E-state index in [0.29, 0.717) is 12.2 Å². The molecule has 0 saturated carbocycles. The molecule has 0 unspecified atom stereocenters. The Kier molecular flexibility index (Phi) is 7.30. The molecule has 0 atom stereocenters. The second-order valence-corrected chi connectivity index (χ2v) is 8.12. The van der Waals surface area contributed by atoms with E-state index in [4.69, 9.17) is 14.6 Å². The van der Waals surface area contributed by atoms with Crippen molar-refractivity contribution in [1.29, 1.82) is 0 Å². The second kappa shape index (κ2) is 10.7. The molecular formula is C27H26N2O6. The van der Waals surface area contributed by atoms with Gasteiger partial charge in [-0.15, -0.1) is 0 Å². The fourth-order valence-electron chi connectivity index (χ4n) is 4.24. The van der Waals surface area contributed by atoms with Gasteiger partial charge < -0.3 is 25.2 Å². The van der Waals surface area contributed by atoms with Crippen LogP contribution in [0.25, 0.3) is 11.1 Å². The maximum absolute atomic E-state index is 12.3. The molecule has 1 aliphatic rings. The molecule has 0 fully saturated rings. The van der Waals surface area contributed by atoms with Gasteiger partial charge in [0.05, 0.1) is 18.4 Å². The summed E-state index contributed by atoms with van der Waals surface area (Å²) in [5, 5.41) is 14.5. The standard InChI is InChI=1S/C27H26N2O6/c1-34-24-13-12-17(26(31)32)15-23(24)29-25(30)11-6-14-28-27(33)35-16-22-20-9-4-2-7-18(20)19-8-3-5-10-21(19)22/h2-5,7-10,12-13,15,22H,6,11,14,16H2,1H3,(H,28,33)(H,29,30)(H,31,32). The van der Waals surface area contributed by atoms with E-state index < -0.39 is 12.1 Å². The molecule has 3 aromatic rings. The lowest BCUT2D eigenvalue weighted by atomic mass is 9.98. The molecule has 0 saturated heterocycles. The van der Waals surface area contributed by atoms with E-state index in [1.165, 1.54) is 25.3 Å². The fourth-order valence-corrected chi connectivity index (χ4v) is 4.24. The smallest absolute Gasteiger partial charge is 0.407 e. The zero-order chi connectivity index (χ0) is 24.8. The first kappa shape index (κ1) is 23.8. The number of carbonyl (C=O) groups is 3. The number of carboxylic acids is 1. The number of anilines is 1. The van der Waals surface area contributed by atoms with Gasteiger partial charge in [0.1, 0.15) is 12.4 Å². The van der Waals surface area contributed by atoms with Gasteiger partial charge in [-0.3, -0.25) is 4.79 Å². The third-order valence-corrected chi connectivity index (χ3v) is 5.91. The summed E-state index contributed by atoms with van der Waals surface area (Å²) in [7, 11) is 1.43. The monoisotopic (exact) mass is 474 g/mol. The van der Waals surface area contributed by atoms with Crippen molar-refractivity contribution >= 4 is 23.7 Å². The van der Waals surface area contributed by atoms with Crippen molar-refractivity contribution in [2.75, 3.05) is 25.6 Å². The lowest BCUT2D eigenvalue weighted by molar-refractivity contribution is -0.116. The van der Waals surface area contributed by atoms with Crippen molar-refractivity contribution in [2.45, 2.75) is 18.8 Å². The normalized spacial score (nSPS) is 11.8. The molecule has 0 aromatic heterocycles. The highest BCUT2D eigenvalue weighted by Gasteiger charge is 2.28. The Morgan fingerprint density at radius 3 is 2.23 bits per heavy atom. The first-order chi connectivity index (χ1) is 17.0. The van der Waals surface area contributed by atoms with Crippen molar-refractivity contribution in [3.05, 3.63) is 83.4 Å². The van der Waals surface area contributed by atoms with Gasteiger partial charge in [0.15, 0.2) is 0 Å². The van der Waals surface area contributed by atoms with E-state index >= 15 is 0 Å². The Balaban J connectivity index is 1.23. The number of nitrogens with one attached hydrogen (secondary N) is 2. The summed E-state index contributed by atoms with van der Waals surface area (Å²) in [6.07, 6.45) is -0.0238. The molecule has 8 nitrogen and oxygen atoms in total. The Morgan fingerprint density at radius 2 is 1.60 bits per heavy atom. The highest BCUT2D eigenvalue weighted by molar-refractivity contribution is 5.95. The maximum atomic E-state index is 12.3. The van der Waals surface area contributed by atoms with E-state index in [1.807, 2.05) is 24.3 Å². The van der Waals surface area contributed by atoms with Crippen molar-refractivity contribution < 1.29 is 29.0 Å². The summed E-state index contributed by atoms with van der Waals surface area (Å²) in [5.74, 6) is -1.08. The van der Waals surface area contributed by atoms with Crippen LogP contribution in [-0.4, -0.2) is 43.3 Å². The Hall–Kier alpha value is -4.33. The number of hydrogen-bond acceptors (Lipinski definition) is 5. The Labute approximate surface area is 202 Å². The van der Waals surface area contributed by atoms with Crippen LogP contribution in [0.4, 0.5) is 10.5 Å². The molecule has 0 heterocycles. The number of hydrogen-bond donors (Lipinski definition) is 3. The van der Waals surface area contributed by atoms with Crippen LogP contribution in [-0.2, 0) is 9.53 Å². The SMILES string of the molecule is COc1ccc(C(=O)O)cc1NC(=O)CCCNC(=O)OCC1c2ccccc2-c2ccccc21. The molecule has 1 aliphatic carbocycles. The molecule has 0 spiro atoms. The molecule has 0 radical (unpaired) electrons. The van der Waals surface area contributed by atoms with Gasteiger partial charge >= 0.3 is 12.1 Å². The number of benzene rings is 3. The first-order valence-electron chi connectivity index (χ1n) is 11.3. The molecule has 3 N–H and O–H groups in total. The van der Waals surface area contributed by atoms with Crippen LogP contribution in [0.3, 0.4) is 0 Å². The molecule has 35 heavy (non-hydrogen) atoms. The highest BCUT2D eigenvalue weighted by Crippen LogP contribution is 2.44. The number of rotatable bonds is 9. The predicted molar refractivity (Wildman–Crippen MR) is 131 cm³/mol. The van der Waals surface area contributed by atoms with E-state index in [1.54, 1.807) is 0 Å². The summed E-state index contributed by atoms with van der Waals surface area (Å²) >= 11 is 0. The minimum absolute atomic E-state index is 0.0181. The fraction of sp³-hybridized carbons (Fsp3) is 0.222. The second-order valence-electron chi connectivity index (χ2n) is 8.12.